The Hall–Kier alpha value is -1.76. The molecule has 7 heteroatoms. The molecule has 0 bridgehead atoms. The largest absolute Gasteiger partial charge is 0.478 e. The van der Waals surface area contributed by atoms with Gasteiger partial charge in [-0.1, -0.05) is 0 Å². The van der Waals surface area contributed by atoms with E-state index < -0.39 is 5.97 Å². The molecule has 2 aliphatic rings. The van der Waals surface area contributed by atoms with Crippen LogP contribution in [0.2, 0.25) is 0 Å². The Labute approximate surface area is 87.0 Å². The van der Waals surface area contributed by atoms with Gasteiger partial charge in [0.15, 0.2) is 0 Å². The van der Waals surface area contributed by atoms with Crippen LogP contribution < -0.4 is 11.1 Å². The minimum atomic E-state index is -0.903. The average Bonchev–Trinajstić information content (AvgIpc) is 2.62. The van der Waals surface area contributed by atoms with Gasteiger partial charge in [-0.2, -0.15) is 0 Å². The predicted octanol–water partition coefficient (Wildman–Crippen LogP) is -0.725. The minimum absolute atomic E-state index is 0.257. The number of nitrogens with one attached hydrogen (secondary N) is 2. The highest BCUT2D eigenvalue weighted by Gasteiger charge is 2.37. The SMILES string of the molecule is CC1=C(C(=O)O)[C@H](C)N2NNN=C2N1C. The van der Waals surface area contributed by atoms with E-state index >= 15 is 0 Å². The summed E-state index contributed by atoms with van der Waals surface area (Å²) in [6, 6.07) is -0.257. The van der Waals surface area contributed by atoms with E-state index in [9.17, 15) is 4.79 Å². The lowest BCUT2D eigenvalue weighted by Gasteiger charge is -2.37. The molecule has 0 aromatic heterocycles. The maximum absolute atomic E-state index is 11.1. The number of aliphatic carboxylic acids is 1. The molecule has 82 valence electrons. The molecule has 0 amide bonds. The number of hydrogen-bond donors (Lipinski definition) is 3. The third kappa shape index (κ3) is 1.23. The second-order valence-corrected chi connectivity index (χ2v) is 3.54. The van der Waals surface area contributed by atoms with Gasteiger partial charge in [0.2, 0.25) is 5.96 Å². The Kier molecular flexibility index (Phi) is 2.04. The van der Waals surface area contributed by atoms with Crippen molar-refractivity contribution in [3.8, 4) is 0 Å². The molecule has 2 rings (SSSR count). The molecular weight excluding hydrogens is 198 g/mol. The van der Waals surface area contributed by atoms with Crippen molar-refractivity contribution in [2.24, 2.45) is 5.10 Å². The van der Waals surface area contributed by atoms with E-state index in [0.717, 1.165) is 0 Å². The van der Waals surface area contributed by atoms with E-state index in [1.54, 1.807) is 23.9 Å². The zero-order valence-electron chi connectivity index (χ0n) is 8.77. The van der Waals surface area contributed by atoms with Crippen LogP contribution in [-0.2, 0) is 4.79 Å². The van der Waals surface area contributed by atoms with Gasteiger partial charge in [-0.15, -0.1) is 10.6 Å². The third-order valence-corrected chi connectivity index (χ3v) is 2.77. The van der Waals surface area contributed by atoms with Crippen LogP contribution in [0.15, 0.2) is 16.4 Å². The first-order valence-electron chi connectivity index (χ1n) is 4.59. The van der Waals surface area contributed by atoms with Crippen molar-refractivity contribution < 1.29 is 9.90 Å². The molecule has 7 nitrogen and oxygen atoms in total. The van der Waals surface area contributed by atoms with E-state index in [1.165, 1.54) is 0 Å². The predicted molar refractivity (Wildman–Crippen MR) is 53.1 cm³/mol. The lowest BCUT2D eigenvalue weighted by atomic mass is 10.0. The molecule has 0 saturated heterocycles. The number of carboxylic acid groups (broad SMARTS) is 1. The maximum Gasteiger partial charge on any atom is 0.335 e. The topological polar surface area (TPSA) is 80.2 Å². The Morgan fingerprint density at radius 2 is 2.27 bits per heavy atom. The van der Waals surface area contributed by atoms with E-state index in [0.29, 0.717) is 17.2 Å². The molecule has 0 aliphatic carbocycles. The Balaban J connectivity index is 2.48. The van der Waals surface area contributed by atoms with Crippen LogP contribution in [0.25, 0.3) is 0 Å². The first-order chi connectivity index (χ1) is 7.04. The second kappa shape index (κ2) is 3.13. The van der Waals surface area contributed by atoms with Crippen LogP contribution in [-0.4, -0.2) is 40.0 Å². The van der Waals surface area contributed by atoms with Crippen molar-refractivity contribution in [1.29, 1.82) is 0 Å². The Morgan fingerprint density at radius 1 is 1.60 bits per heavy atom. The number of rotatable bonds is 1. The number of hydrazone groups is 1. The second-order valence-electron chi connectivity index (χ2n) is 3.54. The Morgan fingerprint density at radius 3 is 2.87 bits per heavy atom. The van der Waals surface area contributed by atoms with Crippen LogP contribution in [0.1, 0.15) is 13.8 Å². The van der Waals surface area contributed by atoms with Gasteiger partial charge in [-0.25, -0.2) is 15.3 Å². The molecule has 2 heterocycles. The molecule has 0 unspecified atom stereocenters. The van der Waals surface area contributed by atoms with Crippen molar-refractivity contribution in [2.75, 3.05) is 7.05 Å². The number of carbonyl (C=O) groups is 1. The van der Waals surface area contributed by atoms with Gasteiger partial charge in [-0.3, -0.25) is 0 Å². The molecule has 0 aromatic carbocycles. The number of hydrogen-bond acceptors (Lipinski definition) is 6. The van der Waals surface area contributed by atoms with Crippen molar-refractivity contribution in [1.82, 2.24) is 21.0 Å². The molecule has 1 atom stereocenters. The smallest absolute Gasteiger partial charge is 0.335 e. The molecule has 0 radical (unpaired) electrons. The first kappa shape index (κ1) is 9.78. The summed E-state index contributed by atoms with van der Waals surface area (Å²) in [6.07, 6.45) is 0. The summed E-state index contributed by atoms with van der Waals surface area (Å²) in [5.74, 6) is -0.232. The van der Waals surface area contributed by atoms with Gasteiger partial charge < -0.3 is 10.0 Å². The van der Waals surface area contributed by atoms with Gasteiger partial charge in [0.1, 0.15) is 0 Å². The van der Waals surface area contributed by atoms with Gasteiger partial charge in [0.25, 0.3) is 0 Å². The fourth-order valence-corrected chi connectivity index (χ4v) is 1.83. The number of nitrogens with zero attached hydrogens (tertiary/aromatic N) is 3. The lowest BCUT2D eigenvalue weighted by molar-refractivity contribution is -0.133. The molecule has 0 aromatic rings. The molecule has 0 spiro atoms. The number of carboxylic acids is 1. The van der Waals surface area contributed by atoms with E-state index in [-0.39, 0.29) is 6.04 Å². The van der Waals surface area contributed by atoms with Crippen molar-refractivity contribution in [3.63, 3.8) is 0 Å². The molecule has 2 aliphatic heterocycles. The summed E-state index contributed by atoms with van der Waals surface area (Å²) in [7, 11) is 1.78. The van der Waals surface area contributed by atoms with Crippen molar-refractivity contribution in [3.05, 3.63) is 11.3 Å². The van der Waals surface area contributed by atoms with Crippen LogP contribution in [0.4, 0.5) is 0 Å². The lowest BCUT2D eigenvalue weighted by Crippen LogP contribution is -2.56. The number of allylic oxidation sites excluding steroid dienone is 1. The van der Waals surface area contributed by atoms with E-state index in [4.69, 9.17) is 5.11 Å². The van der Waals surface area contributed by atoms with Gasteiger partial charge >= 0.3 is 5.97 Å². The Bertz CT molecular complexity index is 375. The highest BCUT2D eigenvalue weighted by Crippen LogP contribution is 2.24. The van der Waals surface area contributed by atoms with Crippen molar-refractivity contribution in [2.45, 2.75) is 19.9 Å². The monoisotopic (exact) mass is 211 g/mol. The summed E-state index contributed by atoms with van der Waals surface area (Å²) < 4.78 is 0. The van der Waals surface area contributed by atoms with E-state index in [2.05, 4.69) is 16.2 Å². The first-order valence-corrected chi connectivity index (χ1v) is 4.59. The molecule has 0 saturated carbocycles. The fourth-order valence-electron chi connectivity index (χ4n) is 1.83. The molecule has 3 N–H and O–H groups in total. The number of fused-ring (bicyclic) bond motifs is 1. The summed E-state index contributed by atoms with van der Waals surface area (Å²) >= 11 is 0. The summed E-state index contributed by atoms with van der Waals surface area (Å²) in [5.41, 5.74) is 6.46. The number of guanidine groups is 1. The minimum Gasteiger partial charge on any atom is -0.478 e. The highest BCUT2D eigenvalue weighted by atomic mass is 16.4. The maximum atomic E-state index is 11.1. The van der Waals surface area contributed by atoms with Crippen molar-refractivity contribution >= 4 is 11.9 Å². The summed E-state index contributed by atoms with van der Waals surface area (Å²) in [5, 5.41) is 14.8. The number of hydrazine groups is 2. The third-order valence-electron chi connectivity index (χ3n) is 2.77. The fraction of sp³-hybridized carbons (Fsp3) is 0.500. The van der Waals surface area contributed by atoms with Crippen LogP contribution in [0, 0.1) is 0 Å². The van der Waals surface area contributed by atoms with Crippen LogP contribution in [0.5, 0.6) is 0 Å². The average molecular weight is 211 g/mol. The summed E-state index contributed by atoms with van der Waals surface area (Å²) in [4.78, 5) is 12.8. The molecule has 15 heavy (non-hydrogen) atoms. The molecule has 0 fully saturated rings. The van der Waals surface area contributed by atoms with Gasteiger partial charge in [-0.05, 0) is 13.8 Å². The summed E-state index contributed by atoms with van der Waals surface area (Å²) in [6.45, 7) is 3.59. The quantitative estimate of drug-likeness (QED) is 0.531. The standard InChI is InChI=1S/C8H13N5O2/c1-4-6(7(14)15)5(2)13-8(12(4)3)9-10-11-13/h5,10-11H,1-3H3,(H,14,15)/t5-/m0/s1. The van der Waals surface area contributed by atoms with Gasteiger partial charge in [0, 0.05) is 12.7 Å². The highest BCUT2D eigenvalue weighted by molar-refractivity contribution is 5.94. The normalized spacial score (nSPS) is 25.0. The van der Waals surface area contributed by atoms with E-state index in [1.807, 2.05) is 6.92 Å². The van der Waals surface area contributed by atoms with Gasteiger partial charge in [0.05, 0.1) is 11.6 Å². The zero-order valence-corrected chi connectivity index (χ0v) is 8.77. The van der Waals surface area contributed by atoms with Crippen LogP contribution in [0.3, 0.4) is 0 Å². The zero-order chi connectivity index (χ0) is 11.2. The molecular formula is C8H13N5O2. The van der Waals surface area contributed by atoms with Crippen LogP contribution >= 0.6 is 0 Å².